The molecule has 0 unspecified atom stereocenters. The van der Waals surface area contributed by atoms with Crippen molar-refractivity contribution in [3.8, 4) is 5.75 Å². The van der Waals surface area contributed by atoms with Crippen molar-refractivity contribution in [3.05, 3.63) is 58.6 Å². The molecule has 33 heavy (non-hydrogen) atoms. The molecule has 170 valence electrons. The topological polar surface area (TPSA) is 131 Å². The third-order valence-corrected chi connectivity index (χ3v) is 6.92. The van der Waals surface area contributed by atoms with Crippen LogP contribution in [-0.4, -0.2) is 41.7 Å². The van der Waals surface area contributed by atoms with E-state index in [1.165, 1.54) is 0 Å². The minimum absolute atomic E-state index is 0.0397. The van der Waals surface area contributed by atoms with Gasteiger partial charge in [0.25, 0.3) is 0 Å². The van der Waals surface area contributed by atoms with Crippen molar-refractivity contribution in [1.29, 1.82) is 0 Å². The van der Waals surface area contributed by atoms with E-state index in [4.69, 9.17) is 22.1 Å². The Labute approximate surface area is 194 Å². The first-order valence-corrected chi connectivity index (χ1v) is 10.8. The zero-order chi connectivity index (χ0) is 23.5. The summed E-state index contributed by atoms with van der Waals surface area (Å²) in [5.74, 6) is -3.33. The fourth-order valence-electron chi connectivity index (χ4n) is 5.29. The Hall–Kier alpha value is -3.43. The van der Waals surface area contributed by atoms with E-state index in [2.05, 4.69) is 10.6 Å². The number of benzene rings is 2. The predicted molar refractivity (Wildman–Crippen MR) is 118 cm³/mol. The molecule has 5 rings (SSSR count). The van der Waals surface area contributed by atoms with Gasteiger partial charge in [-0.25, -0.2) is 0 Å². The number of methoxy groups -OCH3 is 1. The largest absolute Gasteiger partial charge is 0.497 e. The lowest BCUT2D eigenvalue weighted by Gasteiger charge is -2.29. The van der Waals surface area contributed by atoms with Gasteiger partial charge in [0.2, 0.25) is 23.6 Å². The number of primary amides is 1. The number of carbonyl (C=O) groups excluding carboxylic acids is 4. The number of carbonyl (C=O) groups is 4. The summed E-state index contributed by atoms with van der Waals surface area (Å²) in [5.41, 5.74) is 5.63. The predicted octanol–water partition coefficient (Wildman–Crippen LogP) is 1.14. The average Bonchev–Trinajstić information content (AvgIpc) is 3.34. The molecular weight excluding hydrogens is 448 g/mol. The summed E-state index contributed by atoms with van der Waals surface area (Å²) in [6, 6.07) is 11.1. The van der Waals surface area contributed by atoms with Crippen LogP contribution in [0.15, 0.2) is 42.5 Å². The first-order chi connectivity index (χ1) is 15.8. The summed E-state index contributed by atoms with van der Waals surface area (Å²) in [4.78, 5) is 53.4. The highest BCUT2D eigenvalue weighted by atomic mass is 35.5. The first-order valence-electron chi connectivity index (χ1n) is 10.4. The molecule has 10 heteroatoms. The molecule has 3 aliphatic heterocycles. The third-order valence-electron chi connectivity index (χ3n) is 6.69. The Morgan fingerprint density at radius 3 is 2.55 bits per heavy atom. The molecule has 0 aromatic heterocycles. The van der Waals surface area contributed by atoms with Crippen molar-refractivity contribution in [3.63, 3.8) is 0 Å². The van der Waals surface area contributed by atoms with Crippen LogP contribution in [0.5, 0.6) is 5.75 Å². The van der Waals surface area contributed by atoms with E-state index in [0.29, 0.717) is 22.0 Å². The molecule has 3 heterocycles. The molecule has 0 bridgehead atoms. The van der Waals surface area contributed by atoms with Crippen LogP contribution in [0.4, 0.5) is 5.69 Å². The van der Waals surface area contributed by atoms with Gasteiger partial charge in [-0.2, -0.15) is 0 Å². The maximum absolute atomic E-state index is 13.7. The molecule has 2 saturated heterocycles. The highest BCUT2D eigenvalue weighted by Gasteiger charge is 2.70. The normalized spacial score (nSPS) is 27.6. The summed E-state index contributed by atoms with van der Waals surface area (Å²) in [7, 11) is 1.55. The number of hydrogen-bond acceptors (Lipinski definition) is 6. The standard InChI is InChI=1S/C23H21ClN4O5/c1-33-13-5-2-11(3-6-13)10-28-20(30)18-16(9-17(25)29)27-23(19(18)21(28)31)14-8-12(24)4-7-15(14)26-22(23)32/h2-8,16,18-19,27H,9-10H2,1H3,(H2,25,29)(H,26,32)/t16-,18-,19-,23+/m0/s1. The Kier molecular flexibility index (Phi) is 4.91. The van der Waals surface area contributed by atoms with Crippen molar-refractivity contribution in [2.45, 2.75) is 24.5 Å². The number of nitrogens with zero attached hydrogens (tertiary/aromatic N) is 1. The molecule has 4 atom stereocenters. The number of imide groups is 1. The quantitative estimate of drug-likeness (QED) is 0.564. The Balaban J connectivity index is 1.57. The van der Waals surface area contributed by atoms with E-state index in [-0.39, 0.29) is 13.0 Å². The van der Waals surface area contributed by atoms with Crippen LogP contribution in [0.3, 0.4) is 0 Å². The number of fused-ring (bicyclic) bond motifs is 4. The molecule has 2 fully saturated rings. The number of hydrogen-bond donors (Lipinski definition) is 3. The fourth-order valence-corrected chi connectivity index (χ4v) is 5.47. The maximum Gasteiger partial charge on any atom is 0.250 e. The van der Waals surface area contributed by atoms with Crippen LogP contribution in [-0.2, 0) is 31.3 Å². The van der Waals surface area contributed by atoms with Gasteiger partial charge in [-0.15, -0.1) is 0 Å². The van der Waals surface area contributed by atoms with Crippen LogP contribution in [0.2, 0.25) is 5.02 Å². The molecule has 4 N–H and O–H groups in total. The molecule has 3 aliphatic rings. The number of halogens is 1. The van der Waals surface area contributed by atoms with Crippen LogP contribution in [0, 0.1) is 11.8 Å². The van der Waals surface area contributed by atoms with E-state index in [1.54, 1.807) is 49.6 Å². The lowest BCUT2D eigenvalue weighted by Crippen LogP contribution is -2.53. The molecule has 0 saturated carbocycles. The van der Waals surface area contributed by atoms with Crippen LogP contribution >= 0.6 is 11.6 Å². The molecular formula is C23H21ClN4O5. The molecule has 2 aromatic rings. The number of nitrogens with two attached hydrogens (primary N) is 1. The zero-order valence-corrected chi connectivity index (χ0v) is 18.4. The number of nitrogens with one attached hydrogen (secondary N) is 2. The Bertz CT molecular complexity index is 1200. The lowest BCUT2D eigenvalue weighted by molar-refractivity contribution is -0.143. The van der Waals surface area contributed by atoms with Crippen molar-refractivity contribution in [1.82, 2.24) is 10.2 Å². The van der Waals surface area contributed by atoms with Gasteiger partial charge in [-0.1, -0.05) is 23.7 Å². The second-order valence-corrected chi connectivity index (χ2v) is 8.92. The zero-order valence-electron chi connectivity index (χ0n) is 17.6. The van der Waals surface area contributed by atoms with E-state index in [1.807, 2.05) is 0 Å². The molecule has 0 aliphatic carbocycles. The van der Waals surface area contributed by atoms with Gasteiger partial charge < -0.3 is 15.8 Å². The smallest absolute Gasteiger partial charge is 0.250 e. The number of rotatable bonds is 5. The van der Waals surface area contributed by atoms with Gasteiger partial charge in [0.05, 0.1) is 25.5 Å². The minimum Gasteiger partial charge on any atom is -0.497 e. The summed E-state index contributed by atoms with van der Waals surface area (Å²) in [6.45, 7) is 0.0397. The number of ether oxygens (including phenoxy) is 1. The lowest BCUT2D eigenvalue weighted by atomic mass is 9.76. The summed E-state index contributed by atoms with van der Waals surface area (Å²) in [6.07, 6.45) is -0.193. The van der Waals surface area contributed by atoms with E-state index in [9.17, 15) is 19.2 Å². The van der Waals surface area contributed by atoms with Crippen molar-refractivity contribution >= 4 is 40.9 Å². The molecule has 9 nitrogen and oxygen atoms in total. The highest BCUT2D eigenvalue weighted by molar-refractivity contribution is 6.31. The van der Waals surface area contributed by atoms with Gasteiger partial charge >= 0.3 is 0 Å². The van der Waals surface area contributed by atoms with E-state index < -0.39 is 47.0 Å². The highest BCUT2D eigenvalue weighted by Crippen LogP contribution is 2.53. The van der Waals surface area contributed by atoms with Crippen LogP contribution in [0.25, 0.3) is 0 Å². The van der Waals surface area contributed by atoms with Crippen molar-refractivity contribution in [2.75, 3.05) is 12.4 Å². The number of anilines is 1. The Morgan fingerprint density at radius 1 is 1.15 bits per heavy atom. The van der Waals surface area contributed by atoms with Gasteiger partial charge in [0, 0.05) is 28.7 Å². The molecule has 4 amide bonds. The Morgan fingerprint density at radius 2 is 1.88 bits per heavy atom. The second-order valence-electron chi connectivity index (χ2n) is 8.49. The SMILES string of the molecule is COc1ccc(CN2C(=O)[C@H]3[C@H](CC(N)=O)N[C@@]4(C(=O)Nc5ccc(Cl)cc54)[C@@H]3C2=O)cc1. The van der Waals surface area contributed by atoms with Crippen molar-refractivity contribution < 1.29 is 23.9 Å². The average molecular weight is 469 g/mol. The molecule has 2 aromatic carbocycles. The maximum atomic E-state index is 13.7. The molecule has 1 spiro atoms. The number of likely N-dealkylation sites (tertiary alicyclic amines) is 1. The summed E-state index contributed by atoms with van der Waals surface area (Å²) in [5, 5.41) is 6.30. The van der Waals surface area contributed by atoms with Gasteiger partial charge in [-0.3, -0.25) is 29.4 Å². The van der Waals surface area contributed by atoms with E-state index in [0.717, 1.165) is 10.5 Å². The van der Waals surface area contributed by atoms with Gasteiger partial charge in [-0.05, 0) is 35.9 Å². The first kappa shape index (κ1) is 21.4. The summed E-state index contributed by atoms with van der Waals surface area (Å²) >= 11 is 6.21. The monoisotopic (exact) mass is 468 g/mol. The molecule has 0 radical (unpaired) electrons. The van der Waals surface area contributed by atoms with Gasteiger partial charge in [0.15, 0.2) is 0 Å². The van der Waals surface area contributed by atoms with E-state index >= 15 is 0 Å². The van der Waals surface area contributed by atoms with Crippen LogP contribution < -0.4 is 21.1 Å². The van der Waals surface area contributed by atoms with Gasteiger partial charge in [0.1, 0.15) is 11.3 Å². The van der Waals surface area contributed by atoms with Crippen LogP contribution in [0.1, 0.15) is 17.5 Å². The number of amides is 4. The summed E-state index contributed by atoms with van der Waals surface area (Å²) < 4.78 is 5.16. The second kappa shape index (κ2) is 7.57. The fraction of sp³-hybridized carbons (Fsp3) is 0.304. The minimum atomic E-state index is -1.52. The third kappa shape index (κ3) is 3.11. The van der Waals surface area contributed by atoms with Crippen molar-refractivity contribution in [2.24, 2.45) is 17.6 Å².